The maximum absolute atomic E-state index is 12.3. The predicted octanol–water partition coefficient (Wildman–Crippen LogP) is 3.93. The van der Waals surface area contributed by atoms with Crippen molar-refractivity contribution < 1.29 is 8.42 Å². The molecule has 1 aliphatic rings. The van der Waals surface area contributed by atoms with Gasteiger partial charge in [-0.15, -0.1) is 0 Å². The Kier molecular flexibility index (Phi) is 5.25. The molecule has 1 saturated carbocycles. The number of hydrogen-bond donors (Lipinski definition) is 1. The Morgan fingerprint density at radius 2 is 1.74 bits per heavy atom. The molecule has 1 N–H and O–H groups in total. The van der Waals surface area contributed by atoms with E-state index in [1.165, 1.54) is 6.07 Å². The van der Waals surface area contributed by atoms with Crippen molar-refractivity contribution in [2.75, 3.05) is 11.0 Å². The molecule has 0 saturated heterocycles. The molecule has 2 aromatic carbocycles. The lowest BCUT2D eigenvalue weighted by Crippen LogP contribution is -2.16. The number of hydrogen-bond acceptors (Lipinski definition) is 4. The summed E-state index contributed by atoms with van der Waals surface area (Å²) in [5.74, 6) is 0. The monoisotopic (exact) mass is 431 g/mol. The molecule has 1 aromatic heterocycles. The Hall–Kier alpha value is -3.63. The van der Waals surface area contributed by atoms with Crippen LogP contribution in [0.3, 0.4) is 0 Å². The van der Waals surface area contributed by atoms with Gasteiger partial charge in [0.2, 0.25) is 10.0 Å². The molecule has 0 atom stereocenters. The summed E-state index contributed by atoms with van der Waals surface area (Å²) < 4.78 is 26.7. The van der Waals surface area contributed by atoms with E-state index in [2.05, 4.69) is 10.8 Å². The Bertz CT molecular complexity index is 1360. The van der Waals surface area contributed by atoms with Gasteiger partial charge in [-0.25, -0.2) is 8.42 Å². The Balaban J connectivity index is 1.69. The normalized spacial score (nSPS) is 14.8. The third-order valence-electron chi connectivity index (χ3n) is 5.24. The zero-order valence-electron chi connectivity index (χ0n) is 16.9. The number of nitriles is 1. The number of rotatable bonds is 6. The van der Waals surface area contributed by atoms with Gasteiger partial charge in [0, 0.05) is 23.6 Å². The van der Waals surface area contributed by atoms with Gasteiger partial charge < -0.3 is 0 Å². The Morgan fingerprint density at radius 3 is 2.35 bits per heavy atom. The molecular formula is C24H21N3O3S. The summed E-state index contributed by atoms with van der Waals surface area (Å²) >= 11 is 0. The van der Waals surface area contributed by atoms with Crippen LogP contribution in [0.5, 0.6) is 0 Å². The molecule has 7 heteroatoms. The third-order valence-corrected chi connectivity index (χ3v) is 5.85. The van der Waals surface area contributed by atoms with E-state index in [0.717, 1.165) is 41.5 Å². The highest BCUT2D eigenvalue weighted by molar-refractivity contribution is 7.92. The van der Waals surface area contributed by atoms with Crippen LogP contribution in [-0.4, -0.2) is 19.2 Å². The van der Waals surface area contributed by atoms with Crippen LogP contribution in [0, 0.1) is 11.3 Å². The largest absolute Gasteiger partial charge is 0.284 e. The second-order valence-electron chi connectivity index (χ2n) is 7.75. The van der Waals surface area contributed by atoms with Crippen molar-refractivity contribution in [1.29, 1.82) is 5.26 Å². The average Bonchev–Trinajstić information content (AvgIpc) is 3.54. The number of nitrogens with one attached hydrogen (secondary N) is 1. The first-order chi connectivity index (χ1) is 14.8. The molecule has 0 amide bonds. The van der Waals surface area contributed by atoms with Crippen LogP contribution in [0.15, 0.2) is 71.7 Å². The topological polar surface area (TPSA) is 92.0 Å². The van der Waals surface area contributed by atoms with Gasteiger partial charge in [0.25, 0.3) is 5.56 Å². The maximum atomic E-state index is 12.3. The van der Waals surface area contributed by atoms with Crippen molar-refractivity contribution in [1.82, 2.24) is 4.57 Å². The molecule has 6 nitrogen and oxygen atoms in total. The van der Waals surface area contributed by atoms with E-state index in [4.69, 9.17) is 0 Å². The minimum atomic E-state index is -3.32. The summed E-state index contributed by atoms with van der Waals surface area (Å²) in [6, 6.07) is 20.3. The van der Waals surface area contributed by atoms with Crippen LogP contribution < -0.4 is 10.3 Å². The summed E-state index contributed by atoms with van der Waals surface area (Å²) in [5, 5.41) is 9.65. The van der Waals surface area contributed by atoms with Gasteiger partial charge in [-0.05, 0) is 65.9 Å². The standard InChI is InChI=1S/C24H21N3O3S/c1-31(29,30)26-21-9-7-18(8-10-21)5-6-19-14-20(24(17-25)11-12-24)16-22(15-19)27-13-3-2-4-23(27)28/h2-10,13-16,26H,11-12H2,1H3/b6-5+. The minimum Gasteiger partial charge on any atom is -0.284 e. The summed E-state index contributed by atoms with van der Waals surface area (Å²) in [4.78, 5) is 12.3. The fourth-order valence-corrected chi connectivity index (χ4v) is 4.01. The van der Waals surface area contributed by atoms with Gasteiger partial charge in [-0.2, -0.15) is 5.26 Å². The smallest absolute Gasteiger partial charge is 0.255 e. The van der Waals surface area contributed by atoms with Crippen molar-refractivity contribution >= 4 is 27.9 Å². The zero-order valence-corrected chi connectivity index (χ0v) is 17.8. The number of anilines is 1. The van der Waals surface area contributed by atoms with Gasteiger partial charge in [-0.3, -0.25) is 14.1 Å². The van der Waals surface area contributed by atoms with Crippen molar-refractivity contribution in [2.45, 2.75) is 18.3 Å². The molecule has 1 aliphatic carbocycles. The fraction of sp³-hybridized carbons (Fsp3) is 0.167. The molecular weight excluding hydrogens is 410 g/mol. The van der Waals surface area contributed by atoms with Crippen LogP contribution >= 0.6 is 0 Å². The van der Waals surface area contributed by atoms with Crippen LogP contribution in [-0.2, 0) is 15.4 Å². The highest BCUT2D eigenvalue weighted by Crippen LogP contribution is 2.48. The Labute approximate surface area is 181 Å². The third kappa shape index (κ3) is 4.76. The van der Waals surface area contributed by atoms with E-state index in [1.54, 1.807) is 35.0 Å². The number of sulfonamides is 1. The van der Waals surface area contributed by atoms with E-state index in [-0.39, 0.29) is 5.56 Å². The van der Waals surface area contributed by atoms with Crippen molar-refractivity contribution in [3.05, 3.63) is 93.9 Å². The zero-order chi connectivity index (χ0) is 22.1. The van der Waals surface area contributed by atoms with Crippen LogP contribution in [0.2, 0.25) is 0 Å². The SMILES string of the molecule is CS(=O)(=O)Nc1ccc(/C=C/c2cc(-n3ccccc3=O)cc(C3(C#N)CC3)c2)cc1. The Morgan fingerprint density at radius 1 is 1.03 bits per heavy atom. The number of aromatic nitrogens is 1. The van der Waals surface area contributed by atoms with E-state index < -0.39 is 15.4 Å². The van der Waals surface area contributed by atoms with E-state index in [9.17, 15) is 18.5 Å². The summed E-state index contributed by atoms with van der Waals surface area (Å²) in [6.07, 6.45) is 8.29. The molecule has 0 aliphatic heterocycles. The highest BCUT2D eigenvalue weighted by Gasteiger charge is 2.45. The molecule has 1 heterocycles. The lowest BCUT2D eigenvalue weighted by atomic mass is 9.94. The second kappa shape index (κ2) is 7.89. The lowest BCUT2D eigenvalue weighted by Gasteiger charge is -2.13. The molecule has 0 unspecified atom stereocenters. The molecule has 0 spiro atoms. The summed E-state index contributed by atoms with van der Waals surface area (Å²) in [5.41, 5.74) is 3.29. The van der Waals surface area contributed by atoms with Crippen molar-refractivity contribution in [3.63, 3.8) is 0 Å². The van der Waals surface area contributed by atoms with E-state index in [0.29, 0.717) is 5.69 Å². The highest BCUT2D eigenvalue weighted by atomic mass is 32.2. The first kappa shape index (κ1) is 20.6. The van der Waals surface area contributed by atoms with Crippen LogP contribution in [0.1, 0.15) is 29.5 Å². The van der Waals surface area contributed by atoms with E-state index in [1.807, 2.05) is 42.5 Å². The van der Waals surface area contributed by atoms with Crippen LogP contribution in [0.25, 0.3) is 17.8 Å². The van der Waals surface area contributed by atoms with E-state index >= 15 is 0 Å². The quantitative estimate of drug-likeness (QED) is 0.599. The lowest BCUT2D eigenvalue weighted by molar-refractivity contribution is 0.607. The van der Waals surface area contributed by atoms with Gasteiger partial charge in [0.05, 0.1) is 17.7 Å². The van der Waals surface area contributed by atoms with Gasteiger partial charge in [0.1, 0.15) is 0 Å². The first-order valence-corrected chi connectivity index (χ1v) is 11.7. The molecule has 4 rings (SSSR count). The average molecular weight is 432 g/mol. The minimum absolute atomic E-state index is 0.134. The fourth-order valence-electron chi connectivity index (χ4n) is 3.45. The summed E-state index contributed by atoms with van der Waals surface area (Å²) in [6.45, 7) is 0. The first-order valence-electron chi connectivity index (χ1n) is 9.79. The number of pyridine rings is 1. The van der Waals surface area contributed by atoms with Crippen molar-refractivity contribution in [3.8, 4) is 11.8 Å². The van der Waals surface area contributed by atoms with Gasteiger partial charge in [-0.1, -0.05) is 30.4 Å². The van der Waals surface area contributed by atoms with Crippen LogP contribution in [0.4, 0.5) is 5.69 Å². The molecule has 31 heavy (non-hydrogen) atoms. The predicted molar refractivity (Wildman–Crippen MR) is 122 cm³/mol. The number of benzene rings is 2. The molecule has 0 bridgehead atoms. The van der Waals surface area contributed by atoms with Crippen molar-refractivity contribution in [2.24, 2.45) is 0 Å². The number of nitrogens with zero attached hydrogens (tertiary/aromatic N) is 2. The molecule has 0 radical (unpaired) electrons. The molecule has 3 aromatic rings. The maximum Gasteiger partial charge on any atom is 0.255 e. The molecule has 156 valence electrons. The summed E-state index contributed by atoms with van der Waals surface area (Å²) in [7, 11) is -3.32. The van der Waals surface area contributed by atoms with Gasteiger partial charge >= 0.3 is 0 Å². The molecule has 1 fully saturated rings. The second-order valence-corrected chi connectivity index (χ2v) is 9.49. The van der Waals surface area contributed by atoms with Gasteiger partial charge in [0.15, 0.2) is 0 Å².